The number of aromatic amines is 1. The van der Waals surface area contributed by atoms with Gasteiger partial charge in [0.25, 0.3) is 0 Å². The van der Waals surface area contributed by atoms with Gasteiger partial charge in [0.2, 0.25) is 17.7 Å². The number of carboxylic acids is 1. The number of aromatic nitrogens is 2. The molecule has 37 heavy (non-hydrogen) atoms. The lowest BCUT2D eigenvalue weighted by Crippen LogP contribution is -2.60. The minimum atomic E-state index is -1.43. The monoisotopic (exact) mass is 525 g/mol. The zero-order valence-electron chi connectivity index (χ0n) is 21.3. The van der Waals surface area contributed by atoms with Crippen molar-refractivity contribution >= 4 is 29.7 Å². The molecular formula is C22H39N9O6. The van der Waals surface area contributed by atoms with Crippen molar-refractivity contribution in [1.82, 2.24) is 25.9 Å². The van der Waals surface area contributed by atoms with E-state index in [1.165, 1.54) is 19.4 Å². The number of amides is 3. The average Bonchev–Trinajstić information content (AvgIpc) is 3.34. The number of nitrogens with zero attached hydrogens (tertiary/aromatic N) is 2. The summed E-state index contributed by atoms with van der Waals surface area (Å²) >= 11 is 0. The summed E-state index contributed by atoms with van der Waals surface area (Å²) in [6, 6.07) is -4.84. The number of H-pyrrole nitrogens is 1. The standard InChI is InChI=1S/C22H39N9O6/c1-4-11(2)16(21(36)37)30-19(34)15(8-13-9-26-10-28-13)29-20(35)17(12(3)32)31-18(33)14(23)6-5-7-27-22(24)25/h9-12,14-17,32H,4-8,23H2,1-3H3,(H,26,28)(H,29,35)(H,30,34)(H,31,33)(H,36,37)(H4,24,25,27). The first-order chi connectivity index (χ1) is 17.4. The Morgan fingerprint density at radius 3 is 2.24 bits per heavy atom. The molecule has 1 aromatic rings. The fraction of sp³-hybridized carbons (Fsp3) is 0.636. The summed E-state index contributed by atoms with van der Waals surface area (Å²) in [7, 11) is 0. The molecule has 6 atom stereocenters. The smallest absolute Gasteiger partial charge is 0.326 e. The fourth-order valence-corrected chi connectivity index (χ4v) is 3.34. The number of carboxylic acid groups (broad SMARTS) is 1. The third-order valence-corrected chi connectivity index (χ3v) is 5.76. The maximum Gasteiger partial charge on any atom is 0.326 e. The minimum Gasteiger partial charge on any atom is -0.480 e. The SMILES string of the molecule is CCC(C)C(NC(=O)C(Cc1cnc[nH]1)NC(=O)C(NC(=O)C(N)CCCN=C(N)N)C(C)O)C(=O)O. The van der Waals surface area contributed by atoms with E-state index in [0.29, 0.717) is 18.5 Å². The van der Waals surface area contributed by atoms with Crippen LogP contribution in [0.25, 0.3) is 0 Å². The van der Waals surface area contributed by atoms with Crippen LogP contribution in [0, 0.1) is 5.92 Å². The van der Waals surface area contributed by atoms with E-state index in [9.17, 15) is 29.4 Å². The van der Waals surface area contributed by atoms with Crippen LogP contribution in [0.3, 0.4) is 0 Å². The Balaban J connectivity index is 2.97. The summed E-state index contributed by atoms with van der Waals surface area (Å²) in [5, 5.41) is 27.0. The van der Waals surface area contributed by atoms with Gasteiger partial charge in [0, 0.05) is 24.9 Å². The van der Waals surface area contributed by atoms with E-state index >= 15 is 0 Å². The number of aliphatic hydroxyl groups is 1. The Labute approximate surface area is 215 Å². The molecule has 1 heterocycles. The van der Waals surface area contributed by atoms with E-state index in [4.69, 9.17) is 17.2 Å². The predicted octanol–water partition coefficient (Wildman–Crippen LogP) is -2.70. The average molecular weight is 526 g/mol. The first kappa shape index (κ1) is 31.3. The van der Waals surface area contributed by atoms with E-state index in [-0.39, 0.29) is 31.3 Å². The number of carbonyl (C=O) groups excluding carboxylic acids is 3. The Morgan fingerprint density at radius 1 is 1.08 bits per heavy atom. The molecule has 12 N–H and O–H groups in total. The largest absolute Gasteiger partial charge is 0.480 e. The third kappa shape index (κ3) is 10.8. The molecule has 0 saturated carbocycles. The van der Waals surface area contributed by atoms with Crippen molar-refractivity contribution < 1.29 is 29.4 Å². The van der Waals surface area contributed by atoms with Crippen LogP contribution >= 0.6 is 0 Å². The van der Waals surface area contributed by atoms with Gasteiger partial charge in [0.05, 0.1) is 18.5 Å². The van der Waals surface area contributed by atoms with E-state index in [2.05, 4.69) is 30.9 Å². The molecule has 0 aliphatic rings. The lowest BCUT2D eigenvalue weighted by molar-refractivity contribution is -0.144. The second kappa shape index (κ2) is 15.4. The van der Waals surface area contributed by atoms with Gasteiger partial charge in [-0.15, -0.1) is 0 Å². The first-order valence-electron chi connectivity index (χ1n) is 12.0. The number of aliphatic carboxylic acids is 1. The molecule has 3 amide bonds. The van der Waals surface area contributed by atoms with Crippen LogP contribution in [0.5, 0.6) is 0 Å². The van der Waals surface area contributed by atoms with Gasteiger partial charge in [0.1, 0.15) is 18.1 Å². The molecule has 15 nitrogen and oxygen atoms in total. The van der Waals surface area contributed by atoms with Crippen molar-refractivity contribution in [2.45, 2.75) is 76.7 Å². The van der Waals surface area contributed by atoms with Gasteiger partial charge in [-0.3, -0.25) is 19.4 Å². The molecule has 0 aromatic carbocycles. The third-order valence-electron chi connectivity index (χ3n) is 5.76. The summed E-state index contributed by atoms with van der Waals surface area (Å²) in [5.41, 5.74) is 16.9. The molecule has 0 saturated heterocycles. The van der Waals surface area contributed by atoms with Gasteiger partial charge in [-0.2, -0.15) is 0 Å². The molecule has 6 unspecified atom stereocenters. The molecule has 0 bridgehead atoms. The number of aliphatic hydroxyl groups excluding tert-OH is 1. The number of imidazole rings is 1. The van der Waals surface area contributed by atoms with E-state index in [1.807, 2.05) is 0 Å². The van der Waals surface area contributed by atoms with Crippen molar-refractivity contribution in [3.63, 3.8) is 0 Å². The van der Waals surface area contributed by atoms with Gasteiger partial charge >= 0.3 is 5.97 Å². The molecule has 1 rings (SSSR count). The highest BCUT2D eigenvalue weighted by molar-refractivity contribution is 5.94. The lowest BCUT2D eigenvalue weighted by Gasteiger charge is -2.27. The van der Waals surface area contributed by atoms with Crippen LogP contribution in [0.4, 0.5) is 0 Å². The number of hydrogen-bond donors (Lipinski definition) is 9. The Morgan fingerprint density at radius 2 is 1.73 bits per heavy atom. The second-order valence-electron chi connectivity index (χ2n) is 8.83. The molecular weight excluding hydrogens is 486 g/mol. The van der Waals surface area contributed by atoms with Crippen molar-refractivity contribution in [2.75, 3.05) is 6.54 Å². The number of nitrogens with two attached hydrogens (primary N) is 3. The van der Waals surface area contributed by atoms with Crippen molar-refractivity contribution in [1.29, 1.82) is 0 Å². The normalized spacial score (nSPS) is 15.8. The van der Waals surface area contributed by atoms with Crippen molar-refractivity contribution in [3.8, 4) is 0 Å². The molecule has 0 fully saturated rings. The number of aliphatic imine (C=N–C) groups is 1. The van der Waals surface area contributed by atoms with Crippen molar-refractivity contribution in [2.24, 2.45) is 28.1 Å². The van der Waals surface area contributed by atoms with Crippen molar-refractivity contribution in [3.05, 3.63) is 18.2 Å². The van der Waals surface area contributed by atoms with Crippen LogP contribution < -0.4 is 33.2 Å². The van der Waals surface area contributed by atoms with Crippen LogP contribution in [0.2, 0.25) is 0 Å². The Bertz CT molecular complexity index is 918. The van der Waals surface area contributed by atoms with Crippen LogP contribution in [-0.4, -0.2) is 86.6 Å². The Hall–Kier alpha value is -3.72. The Kier molecular flexibility index (Phi) is 13.0. The summed E-state index contributed by atoms with van der Waals surface area (Å²) in [6.45, 7) is 5.03. The second-order valence-corrected chi connectivity index (χ2v) is 8.83. The number of carbonyl (C=O) groups is 4. The molecule has 208 valence electrons. The van der Waals surface area contributed by atoms with Crippen LogP contribution in [0.15, 0.2) is 17.5 Å². The number of hydrogen-bond acceptors (Lipinski definition) is 8. The van der Waals surface area contributed by atoms with Gasteiger partial charge in [0.15, 0.2) is 5.96 Å². The zero-order valence-corrected chi connectivity index (χ0v) is 21.3. The first-order valence-corrected chi connectivity index (χ1v) is 12.0. The highest BCUT2D eigenvalue weighted by Gasteiger charge is 2.33. The van der Waals surface area contributed by atoms with Crippen LogP contribution in [-0.2, 0) is 25.6 Å². The summed E-state index contributed by atoms with van der Waals surface area (Å²) < 4.78 is 0. The summed E-state index contributed by atoms with van der Waals surface area (Å²) in [5.74, 6) is -3.96. The minimum absolute atomic E-state index is 0.0464. The maximum absolute atomic E-state index is 13.0. The quantitative estimate of drug-likeness (QED) is 0.0612. The fourth-order valence-electron chi connectivity index (χ4n) is 3.34. The highest BCUT2D eigenvalue weighted by atomic mass is 16.4. The number of nitrogens with one attached hydrogen (secondary N) is 4. The number of guanidine groups is 1. The van der Waals surface area contributed by atoms with Crippen LogP contribution in [0.1, 0.15) is 45.7 Å². The molecule has 0 aliphatic carbocycles. The predicted molar refractivity (Wildman–Crippen MR) is 135 cm³/mol. The molecule has 15 heteroatoms. The maximum atomic E-state index is 13.0. The molecule has 0 aliphatic heterocycles. The number of rotatable bonds is 16. The lowest BCUT2D eigenvalue weighted by atomic mass is 9.98. The molecule has 0 spiro atoms. The molecule has 1 aromatic heterocycles. The van der Waals surface area contributed by atoms with Gasteiger partial charge < -0.3 is 48.3 Å². The summed E-state index contributed by atoms with van der Waals surface area (Å²) in [6.07, 6.45) is 2.58. The van der Waals surface area contributed by atoms with Gasteiger partial charge in [-0.1, -0.05) is 20.3 Å². The van der Waals surface area contributed by atoms with Gasteiger partial charge in [-0.05, 0) is 25.7 Å². The molecule has 0 radical (unpaired) electrons. The highest BCUT2D eigenvalue weighted by Crippen LogP contribution is 2.10. The van der Waals surface area contributed by atoms with E-state index < -0.39 is 54.0 Å². The van der Waals surface area contributed by atoms with Gasteiger partial charge in [-0.25, -0.2) is 9.78 Å². The van der Waals surface area contributed by atoms with E-state index in [0.717, 1.165) is 0 Å². The summed E-state index contributed by atoms with van der Waals surface area (Å²) in [4.78, 5) is 60.8. The van der Waals surface area contributed by atoms with E-state index in [1.54, 1.807) is 13.8 Å². The zero-order chi connectivity index (χ0) is 28.1. The topological polar surface area (TPSA) is 264 Å².